The SMILES string of the molecule is Nc1ncc2nc(Br)n(Cc3ccccc3)c2n1. The summed E-state index contributed by atoms with van der Waals surface area (Å²) < 4.78 is 2.68. The number of nitrogen functional groups attached to an aromatic ring is 1. The number of hydrogen-bond donors (Lipinski definition) is 1. The molecule has 2 aromatic heterocycles. The highest BCUT2D eigenvalue weighted by Crippen LogP contribution is 2.20. The lowest BCUT2D eigenvalue weighted by atomic mass is 10.2. The number of imidazole rings is 1. The first-order valence-corrected chi connectivity index (χ1v) is 6.21. The summed E-state index contributed by atoms with van der Waals surface area (Å²) >= 11 is 3.43. The Morgan fingerprint density at radius 3 is 2.72 bits per heavy atom. The molecule has 0 spiro atoms. The van der Waals surface area contributed by atoms with E-state index < -0.39 is 0 Å². The van der Waals surface area contributed by atoms with Crippen molar-refractivity contribution >= 4 is 33.0 Å². The van der Waals surface area contributed by atoms with Gasteiger partial charge in [-0.05, 0) is 21.5 Å². The van der Waals surface area contributed by atoms with E-state index in [1.807, 2.05) is 22.8 Å². The number of benzene rings is 1. The highest BCUT2D eigenvalue weighted by Gasteiger charge is 2.10. The maximum Gasteiger partial charge on any atom is 0.222 e. The van der Waals surface area contributed by atoms with Crippen molar-refractivity contribution in [2.75, 3.05) is 5.73 Å². The van der Waals surface area contributed by atoms with Crippen molar-refractivity contribution in [3.8, 4) is 0 Å². The molecule has 5 nitrogen and oxygen atoms in total. The van der Waals surface area contributed by atoms with E-state index in [1.54, 1.807) is 6.20 Å². The summed E-state index contributed by atoms with van der Waals surface area (Å²) in [6.07, 6.45) is 1.63. The third kappa shape index (κ3) is 1.95. The molecule has 2 N–H and O–H groups in total. The van der Waals surface area contributed by atoms with Crippen LogP contribution in [0.1, 0.15) is 5.56 Å². The zero-order valence-corrected chi connectivity index (χ0v) is 11.0. The third-order valence-corrected chi connectivity index (χ3v) is 3.25. The summed E-state index contributed by atoms with van der Waals surface area (Å²) in [5.74, 6) is 0.254. The molecule has 2 heterocycles. The van der Waals surface area contributed by atoms with Gasteiger partial charge in [-0.15, -0.1) is 0 Å². The van der Waals surface area contributed by atoms with Gasteiger partial charge >= 0.3 is 0 Å². The van der Waals surface area contributed by atoms with Crippen molar-refractivity contribution in [1.29, 1.82) is 0 Å². The predicted octanol–water partition coefficient (Wildman–Crippen LogP) is 2.22. The standard InChI is InChI=1S/C12H10BrN5/c13-11-16-9-6-15-12(14)17-10(9)18(11)7-8-4-2-1-3-5-8/h1-6H,7H2,(H2,14,15,17). The van der Waals surface area contributed by atoms with Gasteiger partial charge < -0.3 is 5.73 Å². The molecule has 0 atom stereocenters. The van der Waals surface area contributed by atoms with Crippen LogP contribution in [0.2, 0.25) is 0 Å². The van der Waals surface area contributed by atoms with Crippen molar-refractivity contribution in [2.24, 2.45) is 0 Å². The fourth-order valence-electron chi connectivity index (χ4n) is 1.81. The van der Waals surface area contributed by atoms with Crippen molar-refractivity contribution in [3.63, 3.8) is 0 Å². The minimum absolute atomic E-state index is 0.254. The summed E-state index contributed by atoms with van der Waals surface area (Å²) in [6, 6.07) is 10.1. The van der Waals surface area contributed by atoms with E-state index in [0.717, 1.165) is 15.9 Å². The van der Waals surface area contributed by atoms with Crippen molar-refractivity contribution in [3.05, 3.63) is 46.8 Å². The second-order valence-corrected chi connectivity index (χ2v) is 4.60. The van der Waals surface area contributed by atoms with Gasteiger partial charge in [0.05, 0.1) is 12.7 Å². The number of nitrogens with two attached hydrogens (primary N) is 1. The molecule has 3 rings (SSSR count). The highest BCUT2D eigenvalue weighted by molar-refractivity contribution is 9.10. The Bertz CT molecular complexity index is 692. The van der Waals surface area contributed by atoms with E-state index in [-0.39, 0.29) is 5.95 Å². The van der Waals surface area contributed by atoms with Crippen LogP contribution in [-0.2, 0) is 6.54 Å². The maximum absolute atomic E-state index is 5.62. The lowest BCUT2D eigenvalue weighted by Gasteiger charge is -2.05. The molecule has 0 saturated carbocycles. The molecule has 90 valence electrons. The third-order valence-electron chi connectivity index (χ3n) is 2.64. The Labute approximate surface area is 112 Å². The molecule has 0 aliphatic carbocycles. The Hall–Kier alpha value is -1.95. The molecule has 0 amide bonds. The maximum atomic E-state index is 5.62. The average molecular weight is 304 g/mol. The van der Waals surface area contributed by atoms with Crippen molar-refractivity contribution in [1.82, 2.24) is 19.5 Å². The normalized spacial score (nSPS) is 10.9. The van der Waals surface area contributed by atoms with Crippen LogP contribution in [0.25, 0.3) is 11.2 Å². The van der Waals surface area contributed by atoms with E-state index in [1.165, 1.54) is 5.56 Å². The predicted molar refractivity (Wildman–Crippen MR) is 73.0 cm³/mol. The number of aromatic nitrogens is 4. The second-order valence-electron chi connectivity index (χ2n) is 3.89. The summed E-state index contributed by atoms with van der Waals surface area (Å²) in [7, 11) is 0. The van der Waals surface area contributed by atoms with Crippen molar-refractivity contribution in [2.45, 2.75) is 6.54 Å². The number of anilines is 1. The van der Waals surface area contributed by atoms with Gasteiger partial charge in [0.2, 0.25) is 5.95 Å². The molecule has 0 aliphatic rings. The van der Waals surface area contributed by atoms with Gasteiger partial charge in [0.1, 0.15) is 5.52 Å². The molecule has 3 aromatic rings. The Morgan fingerprint density at radius 2 is 1.94 bits per heavy atom. The highest BCUT2D eigenvalue weighted by atomic mass is 79.9. The zero-order valence-electron chi connectivity index (χ0n) is 9.42. The molecular weight excluding hydrogens is 294 g/mol. The van der Waals surface area contributed by atoms with Gasteiger partial charge in [-0.25, -0.2) is 9.97 Å². The van der Waals surface area contributed by atoms with Gasteiger partial charge in [-0.2, -0.15) is 4.98 Å². The van der Waals surface area contributed by atoms with Crippen LogP contribution < -0.4 is 5.73 Å². The molecule has 6 heteroatoms. The summed E-state index contributed by atoms with van der Waals surface area (Å²) in [6.45, 7) is 0.689. The van der Waals surface area contributed by atoms with Crippen LogP contribution in [0.5, 0.6) is 0 Å². The smallest absolute Gasteiger partial charge is 0.222 e. The van der Waals surface area contributed by atoms with Crippen molar-refractivity contribution < 1.29 is 0 Å². The van der Waals surface area contributed by atoms with Crippen LogP contribution in [-0.4, -0.2) is 19.5 Å². The topological polar surface area (TPSA) is 69.6 Å². The first kappa shape index (κ1) is 11.2. The number of fused-ring (bicyclic) bond motifs is 1. The quantitative estimate of drug-likeness (QED) is 0.737. The first-order valence-electron chi connectivity index (χ1n) is 5.42. The molecule has 1 aromatic carbocycles. The van der Waals surface area contributed by atoms with E-state index in [4.69, 9.17) is 5.73 Å². The average Bonchev–Trinajstić information content (AvgIpc) is 2.67. The fraction of sp³-hybridized carbons (Fsp3) is 0.0833. The summed E-state index contributed by atoms with van der Waals surface area (Å²) in [4.78, 5) is 12.5. The van der Waals surface area contributed by atoms with E-state index >= 15 is 0 Å². The second kappa shape index (κ2) is 4.38. The lowest BCUT2D eigenvalue weighted by molar-refractivity contribution is 0.791. The molecule has 0 aliphatic heterocycles. The van der Waals surface area contributed by atoms with E-state index in [0.29, 0.717) is 6.54 Å². The Balaban J connectivity index is 2.11. The zero-order chi connectivity index (χ0) is 12.5. The van der Waals surface area contributed by atoms with Gasteiger partial charge in [-0.3, -0.25) is 4.57 Å². The Morgan fingerprint density at radius 1 is 1.17 bits per heavy atom. The van der Waals surface area contributed by atoms with E-state index in [2.05, 4.69) is 43.0 Å². The number of nitrogens with zero attached hydrogens (tertiary/aromatic N) is 4. The molecule has 0 bridgehead atoms. The van der Waals surface area contributed by atoms with Gasteiger partial charge in [-0.1, -0.05) is 30.3 Å². The number of rotatable bonds is 2. The number of halogens is 1. The molecule has 0 saturated heterocycles. The lowest BCUT2D eigenvalue weighted by Crippen LogP contribution is -2.02. The number of hydrogen-bond acceptors (Lipinski definition) is 4. The minimum atomic E-state index is 0.254. The molecule has 0 radical (unpaired) electrons. The summed E-state index contributed by atoms with van der Waals surface area (Å²) in [5.41, 5.74) is 8.26. The Kier molecular flexibility index (Phi) is 2.71. The minimum Gasteiger partial charge on any atom is -0.368 e. The molecule has 18 heavy (non-hydrogen) atoms. The van der Waals surface area contributed by atoms with Gasteiger partial charge in [0.25, 0.3) is 0 Å². The molecule has 0 unspecified atom stereocenters. The molecule has 0 fully saturated rings. The summed E-state index contributed by atoms with van der Waals surface area (Å²) in [5, 5.41) is 0. The fourth-order valence-corrected chi connectivity index (χ4v) is 2.29. The van der Waals surface area contributed by atoms with Crippen LogP contribution >= 0.6 is 15.9 Å². The first-order chi connectivity index (χ1) is 8.74. The largest absolute Gasteiger partial charge is 0.368 e. The van der Waals surface area contributed by atoms with Crippen LogP contribution in [0.4, 0.5) is 5.95 Å². The van der Waals surface area contributed by atoms with Gasteiger partial charge in [0.15, 0.2) is 10.4 Å². The monoisotopic (exact) mass is 303 g/mol. The molecular formula is C12H10BrN5. The van der Waals surface area contributed by atoms with Crippen LogP contribution in [0.15, 0.2) is 41.3 Å². The van der Waals surface area contributed by atoms with E-state index in [9.17, 15) is 0 Å². The van der Waals surface area contributed by atoms with Crippen LogP contribution in [0.3, 0.4) is 0 Å². The van der Waals surface area contributed by atoms with Crippen LogP contribution in [0, 0.1) is 0 Å². The van der Waals surface area contributed by atoms with Gasteiger partial charge in [0, 0.05) is 0 Å².